The summed E-state index contributed by atoms with van der Waals surface area (Å²) in [5.74, 6) is 0. The lowest BCUT2D eigenvalue weighted by Gasteiger charge is -2.15. The van der Waals surface area contributed by atoms with Crippen LogP contribution in [0.5, 0.6) is 0 Å². The van der Waals surface area contributed by atoms with Crippen LogP contribution in [0.25, 0.3) is 0 Å². The number of urea groups is 1. The third-order valence-corrected chi connectivity index (χ3v) is 2.80. The third-order valence-electron chi connectivity index (χ3n) is 2.80. The van der Waals surface area contributed by atoms with Crippen molar-refractivity contribution in [3.8, 4) is 0 Å². The van der Waals surface area contributed by atoms with Gasteiger partial charge >= 0.3 is 6.03 Å². The highest BCUT2D eigenvalue weighted by molar-refractivity contribution is 5.90. The summed E-state index contributed by atoms with van der Waals surface area (Å²) in [5.41, 5.74) is 0.714. The summed E-state index contributed by atoms with van der Waals surface area (Å²) in [7, 11) is 0. The van der Waals surface area contributed by atoms with Crippen molar-refractivity contribution in [2.24, 2.45) is 0 Å². The Balaban J connectivity index is 2.80. The molecule has 0 spiro atoms. The normalized spacial score (nSPS) is 11.7. The van der Waals surface area contributed by atoms with Crippen molar-refractivity contribution >= 4 is 17.4 Å². The summed E-state index contributed by atoms with van der Waals surface area (Å²) >= 11 is 0. The Bertz CT molecular complexity index is 472. The average Bonchev–Trinajstić information content (AvgIpc) is 2.38. The van der Waals surface area contributed by atoms with E-state index in [-0.39, 0.29) is 18.3 Å². The molecule has 2 amide bonds. The lowest BCUT2D eigenvalue weighted by Crippen LogP contribution is -2.39. The maximum absolute atomic E-state index is 11.7. The SMILES string of the molecule is CCC(CO)NC(=O)Nc1cccc([N+](=O)[O-])c1C. The molecule has 7 heteroatoms. The molecule has 0 fully saturated rings. The van der Waals surface area contributed by atoms with Gasteiger partial charge in [0.15, 0.2) is 0 Å². The Hall–Kier alpha value is -2.15. The summed E-state index contributed by atoms with van der Waals surface area (Å²) < 4.78 is 0. The fraction of sp³-hybridized carbons (Fsp3) is 0.417. The van der Waals surface area contributed by atoms with Gasteiger partial charge in [0.1, 0.15) is 0 Å². The predicted octanol–water partition coefficient (Wildman–Crippen LogP) is 1.80. The summed E-state index contributed by atoms with van der Waals surface area (Å²) in [6.45, 7) is 3.24. The first kappa shape index (κ1) is 14.9. The topological polar surface area (TPSA) is 104 Å². The van der Waals surface area contributed by atoms with Gasteiger partial charge in [0.25, 0.3) is 5.69 Å². The molecule has 0 heterocycles. The number of benzene rings is 1. The van der Waals surface area contributed by atoms with Gasteiger partial charge in [-0.25, -0.2) is 4.79 Å². The van der Waals surface area contributed by atoms with Gasteiger partial charge in [0, 0.05) is 6.07 Å². The van der Waals surface area contributed by atoms with Crippen LogP contribution in [-0.4, -0.2) is 28.7 Å². The van der Waals surface area contributed by atoms with Crippen LogP contribution in [0.4, 0.5) is 16.2 Å². The third kappa shape index (κ3) is 3.92. The van der Waals surface area contributed by atoms with E-state index in [0.29, 0.717) is 17.7 Å². The number of nitro groups is 1. The Morgan fingerprint density at radius 1 is 1.53 bits per heavy atom. The minimum Gasteiger partial charge on any atom is -0.394 e. The minimum atomic E-state index is -0.499. The number of hydrogen-bond donors (Lipinski definition) is 3. The van der Waals surface area contributed by atoms with Crippen molar-refractivity contribution in [2.45, 2.75) is 26.3 Å². The molecular weight excluding hydrogens is 250 g/mol. The number of amides is 2. The number of carbonyl (C=O) groups is 1. The van der Waals surface area contributed by atoms with E-state index in [2.05, 4.69) is 10.6 Å². The fourth-order valence-electron chi connectivity index (χ4n) is 1.58. The zero-order chi connectivity index (χ0) is 14.4. The van der Waals surface area contributed by atoms with Gasteiger partial charge in [-0.1, -0.05) is 13.0 Å². The average molecular weight is 267 g/mol. The molecule has 104 valence electrons. The first-order chi connectivity index (χ1) is 8.99. The lowest BCUT2D eigenvalue weighted by molar-refractivity contribution is -0.385. The van der Waals surface area contributed by atoms with Crippen LogP contribution in [0, 0.1) is 17.0 Å². The van der Waals surface area contributed by atoms with E-state index in [1.54, 1.807) is 13.0 Å². The van der Waals surface area contributed by atoms with E-state index < -0.39 is 11.0 Å². The Kier molecular flexibility index (Phi) is 5.25. The summed E-state index contributed by atoms with van der Waals surface area (Å²) in [4.78, 5) is 21.9. The van der Waals surface area contributed by atoms with Gasteiger partial charge in [0.05, 0.1) is 28.8 Å². The highest BCUT2D eigenvalue weighted by Crippen LogP contribution is 2.24. The number of aliphatic hydroxyl groups is 1. The molecule has 0 saturated carbocycles. The van der Waals surface area contributed by atoms with Gasteiger partial charge in [-0.2, -0.15) is 0 Å². The van der Waals surface area contributed by atoms with Crippen LogP contribution in [0.3, 0.4) is 0 Å². The lowest BCUT2D eigenvalue weighted by atomic mass is 10.1. The Morgan fingerprint density at radius 2 is 2.21 bits per heavy atom. The Morgan fingerprint density at radius 3 is 2.74 bits per heavy atom. The van der Waals surface area contributed by atoms with Gasteiger partial charge in [-0.3, -0.25) is 10.1 Å². The fourth-order valence-corrected chi connectivity index (χ4v) is 1.58. The zero-order valence-electron chi connectivity index (χ0n) is 10.8. The molecule has 0 bridgehead atoms. The zero-order valence-corrected chi connectivity index (χ0v) is 10.8. The summed E-state index contributed by atoms with van der Waals surface area (Å²) in [6.07, 6.45) is 0.595. The van der Waals surface area contributed by atoms with Crippen molar-refractivity contribution in [3.63, 3.8) is 0 Å². The summed E-state index contributed by atoms with van der Waals surface area (Å²) in [5, 5.41) is 24.9. The number of rotatable bonds is 5. The van der Waals surface area contributed by atoms with E-state index in [4.69, 9.17) is 5.11 Å². The molecule has 0 radical (unpaired) electrons. The predicted molar refractivity (Wildman–Crippen MR) is 71.2 cm³/mol. The number of hydrogen-bond acceptors (Lipinski definition) is 4. The number of nitrogens with one attached hydrogen (secondary N) is 2. The molecule has 7 nitrogen and oxygen atoms in total. The van der Waals surface area contributed by atoms with E-state index >= 15 is 0 Å². The number of anilines is 1. The Labute approximate surface area is 110 Å². The molecule has 1 rings (SSSR count). The van der Waals surface area contributed by atoms with Crippen LogP contribution in [0.1, 0.15) is 18.9 Å². The standard InChI is InChI=1S/C12H17N3O4/c1-3-9(7-16)13-12(17)14-10-5-4-6-11(8(10)2)15(18)19/h4-6,9,16H,3,7H2,1-2H3,(H2,13,14,17). The minimum absolute atomic E-state index is 0.0491. The highest BCUT2D eigenvalue weighted by atomic mass is 16.6. The first-order valence-electron chi connectivity index (χ1n) is 5.92. The smallest absolute Gasteiger partial charge is 0.319 e. The van der Waals surface area contributed by atoms with Crippen molar-refractivity contribution in [2.75, 3.05) is 11.9 Å². The molecule has 0 aromatic heterocycles. The maximum Gasteiger partial charge on any atom is 0.319 e. The van der Waals surface area contributed by atoms with E-state index in [1.807, 2.05) is 6.92 Å². The van der Waals surface area contributed by atoms with Crippen molar-refractivity contribution in [1.29, 1.82) is 0 Å². The molecule has 1 unspecified atom stereocenters. The van der Waals surface area contributed by atoms with E-state index in [9.17, 15) is 14.9 Å². The van der Waals surface area contributed by atoms with Gasteiger partial charge in [-0.05, 0) is 19.4 Å². The number of nitro benzene ring substituents is 1. The number of aliphatic hydroxyl groups excluding tert-OH is 1. The molecule has 1 aromatic carbocycles. The maximum atomic E-state index is 11.7. The second kappa shape index (κ2) is 6.69. The van der Waals surface area contributed by atoms with Gasteiger partial charge < -0.3 is 15.7 Å². The van der Waals surface area contributed by atoms with Crippen LogP contribution < -0.4 is 10.6 Å². The number of nitrogens with zero attached hydrogens (tertiary/aromatic N) is 1. The molecule has 1 aromatic rings. The monoisotopic (exact) mass is 267 g/mol. The van der Waals surface area contributed by atoms with Crippen LogP contribution in [0.15, 0.2) is 18.2 Å². The van der Waals surface area contributed by atoms with E-state index in [1.165, 1.54) is 12.1 Å². The van der Waals surface area contributed by atoms with Crippen molar-refractivity contribution in [3.05, 3.63) is 33.9 Å². The molecule has 0 saturated heterocycles. The quantitative estimate of drug-likeness (QED) is 0.558. The molecule has 0 aliphatic heterocycles. The largest absolute Gasteiger partial charge is 0.394 e. The van der Waals surface area contributed by atoms with Crippen molar-refractivity contribution < 1.29 is 14.8 Å². The highest BCUT2D eigenvalue weighted by Gasteiger charge is 2.15. The van der Waals surface area contributed by atoms with E-state index in [0.717, 1.165) is 0 Å². The molecule has 3 N–H and O–H groups in total. The summed E-state index contributed by atoms with van der Waals surface area (Å²) in [6, 6.07) is 3.64. The van der Waals surface area contributed by atoms with Crippen LogP contribution >= 0.6 is 0 Å². The molecule has 19 heavy (non-hydrogen) atoms. The molecular formula is C12H17N3O4. The molecule has 1 atom stereocenters. The molecule has 0 aliphatic carbocycles. The van der Waals surface area contributed by atoms with Crippen LogP contribution in [0.2, 0.25) is 0 Å². The number of carbonyl (C=O) groups excluding carboxylic acids is 1. The van der Waals surface area contributed by atoms with Crippen LogP contribution in [-0.2, 0) is 0 Å². The van der Waals surface area contributed by atoms with Crippen molar-refractivity contribution in [1.82, 2.24) is 5.32 Å². The second-order valence-electron chi connectivity index (χ2n) is 4.09. The first-order valence-corrected chi connectivity index (χ1v) is 5.92. The second-order valence-corrected chi connectivity index (χ2v) is 4.09. The molecule has 0 aliphatic rings. The van der Waals surface area contributed by atoms with Gasteiger partial charge in [-0.15, -0.1) is 0 Å². The van der Waals surface area contributed by atoms with Gasteiger partial charge in [0.2, 0.25) is 0 Å².